The van der Waals surface area contributed by atoms with Crippen LogP contribution >= 0.6 is 23.2 Å². The molecule has 0 aromatic heterocycles. The van der Waals surface area contributed by atoms with Gasteiger partial charge in [-0.25, -0.2) is 13.2 Å². The number of ether oxygens (including phenoxy) is 2. The van der Waals surface area contributed by atoms with E-state index >= 15 is 0 Å². The predicted molar refractivity (Wildman–Crippen MR) is 109 cm³/mol. The van der Waals surface area contributed by atoms with Gasteiger partial charge >= 0.3 is 6.16 Å². The lowest BCUT2D eigenvalue weighted by Crippen LogP contribution is -2.55. The van der Waals surface area contributed by atoms with E-state index in [-0.39, 0.29) is 41.2 Å². The maximum absolute atomic E-state index is 13.4. The number of carboxylic acid groups (broad SMARTS) is 1. The number of sulfonamides is 1. The van der Waals surface area contributed by atoms with E-state index in [4.69, 9.17) is 33.0 Å². The zero-order chi connectivity index (χ0) is 22.8. The van der Waals surface area contributed by atoms with Crippen molar-refractivity contribution in [3.63, 3.8) is 0 Å². The summed E-state index contributed by atoms with van der Waals surface area (Å²) in [6, 6.07) is 7.23. The topological polar surface area (TPSA) is 148 Å². The first kappa shape index (κ1) is 23.0. The first-order chi connectivity index (χ1) is 14.6. The molecule has 1 atom stereocenters. The van der Waals surface area contributed by atoms with Crippen molar-refractivity contribution >= 4 is 45.1 Å². The lowest BCUT2D eigenvalue weighted by atomic mass is 10.3. The van der Waals surface area contributed by atoms with Crippen LogP contribution in [0.2, 0.25) is 10.0 Å². The van der Waals surface area contributed by atoms with Crippen LogP contribution in [0.4, 0.5) is 10.5 Å². The number of halogens is 2. The molecule has 0 radical (unpaired) electrons. The van der Waals surface area contributed by atoms with Crippen LogP contribution in [0.3, 0.4) is 0 Å². The van der Waals surface area contributed by atoms with Gasteiger partial charge in [0.2, 0.25) is 10.0 Å². The summed E-state index contributed by atoms with van der Waals surface area (Å²) in [5.74, 6) is -0.141. The van der Waals surface area contributed by atoms with E-state index < -0.39 is 37.9 Å². The van der Waals surface area contributed by atoms with Crippen LogP contribution in [-0.2, 0) is 14.8 Å². The minimum atomic E-state index is -4.47. The summed E-state index contributed by atoms with van der Waals surface area (Å²) in [6.07, 6.45) is -3.04. The van der Waals surface area contributed by atoms with Gasteiger partial charge in [-0.05, 0) is 24.3 Å². The van der Waals surface area contributed by atoms with E-state index in [1.165, 1.54) is 18.2 Å². The lowest BCUT2D eigenvalue weighted by molar-refractivity contribution is -0.385. The summed E-state index contributed by atoms with van der Waals surface area (Å²) < 4.78 is 37.8. The minimum Gasteiger partial charge on any atom is -0.456 e. The van der Waals surface area contributed by atoms with Gasteiger partial charge < -0.3 is 19.9 Å². The van der Waals surface area contributed by atoms with Gasteiger partial charge in [0.15, 0.2) is 6.23 Å². The Labute approximate surface area is 186 Å². The lowest BCUT2D eigenvalue weighted by Gasteiger charge is -2.33. The molecule has 2 N–H and O–H groups in total. The van der Waals surface area contributed by atoms with Gasteiger partial charge in [0.05, 0.1) is 4.92 Å². The molecule has 1 unspecified atom stereocenters. The molecule has 3 rings (SSSR count). The number of piperazine rings is 1. The fraction of sp³-hybridized carbons (Fsp3) is 0.235. The van der Waals surface area contributed by atoms with E-state index in [1.807, 2.05) is 0 Å². The van der Waals surface area contributed by atoms with Gasteiger partial charge in [-0.2, -0.15) is 4.31 Å². The van der Waals surface area contributed by atoms with Gasteiger partial charge in [0.25, 0.3) is 5.69 Å². The zero-order valence-corrected chi connectivity index (χ0v) is 17.9. The van der Waals surface area contributed by atoms with E-state index in [2.05, 4.69) is 10.1 Å². The largest absolute Gasteiger partial charge is 0.507 e. The number of benzene rings is 2. The highest BCUT2D eigenvalue weighted by atomic mass is 35.5. The molecule has 1 fully saturated rings. The first-order valence-corrected chi connectivity index (χ1v) is 10.8. The Kier molecular flexibility index (Phi) is 6.86. The van der Waals surface area contributed by atoms with Crippen molar-refractivity contribution in [2.45, 2.75) is 11.1 Å². The van der Waals surface area contributed by atoms with Crippen molar-refractivity contribution < 1.29 is 32.7 Å². The summed E-state index contributed by atoms with van der Waals surface area (Å²) in [4.78, 5) is 20.9. The number of nitro benzene ring substituents is 1. The SMILES string of the molecule is O=C(O)OC1CNCCN1S(=O)(=O)c1cc([N+](=O)[O-])ccc1Oc1cc(Cl)cc(Cl)c1. The van der Waals surface area contributed by atoms with Crippen molar-refractivity contribution in [2.75, 3.05) is 19.6 Å². The van der Waals surface area contributed by atoms with Crippen LogP contribution in [0, 0.1) is 10.1 Å². The number of rotatable bonds is 6. The molecule has 11 nitrogen and oxygen atoms in total. The Bertz CT molecular complexity index is 1110. The van der Waals surface area contributed by atoms with Crippen LogP contribution in [0.15, 0.2) is 41.3 Å². The summed E-state index contributed by atoms with van der Waals surface area (Å²) in [5.41, 5.74) is -0.499. The molecule has 0 amide bonds. The second-order valence-corrected chi connectivity index (χ2v) is 8.99. The highest BCUT2D eigenvalue weighted by molar-refractivity contribution is 7.89. The maximum atomic E-state index is 13.4. The Morgan fingerprint density at radius 1 is 1.23 bits per heavy atom. The zero-order valence-electron chi connectivity index (χ0n) is 15.5. The molecule has 1 saturated heterocycles. The highest BCUT2D eigenvalue weighted by Crippen LogP contribution is 2.36. The summed E-state index contributed by atoms with van der Waals surface area (Å²) >= 11 is 11.9. The van der Waals surface area contributed by atoms with Crippen molar-refractivity contribution in [1.29, 1.82) is 0 Å². The summed E-state index contributed by atoms with van der Waals surface area (Å²) in [5, 5.41) is 23.4. The molecular formula is C17H15Cl2N3O8S. The van der Waals surface area contributed by atoms with E-state index in [0.717, 1.165) is 22.5 Å². The standard InChI is InChI=1S/C17H15Cl2N3O8S/c18-10-5-11(19)7-13(6-10)29-14-2-1-12(22(25)26)8-15(14)31(27,28)21-4-3-20-9-16(21)30-17(23)24/h1-2,5-8,16,20H,3-4,9H2,(H,23,24). The van der Waals surface area contributed by atoms with Crippen LogP contribution in [-0.4, -0.2) is 54.8 Å². The average Bonchev–Trinajstić information content (AvgIpc) is 2.67. The molecule has 1 aliphatic rings. The number of hydrogen-bond donors (Lipinski definition) is 2. The van der Waals surface area contributed by atoms with Crippen molar-refractivity contribution in [3.05, 3.63) is 56.6 Å². The van der Waals surface area contributed by atoms with Gasteiger partial charge in [0.1, 0.15) is 16.4 Å². The molecule has 1 aliphatic heterocycles. The number of carbonyl (C=O) groups is 1. The van der Waals surface area contributed by atoms with Crippen LogP contribution < -0.4 is 10.1 Å². The molecule has 0 bridgehead atoms. The van der Waals surface area contributed by atoms with E-state index in [0.29, 0.717) is 0 Å². The molecular weight excluding hydrogens is 477 g/mol. The van der Waals surface area contributed by atoms with Crippen molar-refractivity contribution in [2.24, 2.45) is 0 Å². The molecule has 2 aromatic rings. The predicted octanol–water partition coefficient (Wildman–Crippen LogP) is 3.31. The third-order valence-corrected chi connectivity index (χ3v) is 6.52. The second-order valence-electron chi connectivity index (χ2n) is 6.25. The minimum absolute atomic E-state index is 0.0967. The third kappa shape index (κ3) is 5.35. The van der Waals surface area contributed by atoms with Gasteiger partial charge in [0, 0.05) is 41.8 Å². The maximum Gasteiger partial charge on any atom is 0.507 e. The number of nitro groups is 1. The fourth-order valence-corrected chi connectivity index (χ4v) is 5.04. The van der Waals surface area contributed by atoms with E-state index in [9.17, 15) is 23.3 Å². The quantitative estimate of drug-likeness (QED) is 0.352. The smallest absolute Gasteiger partial charge is 0.456 e. The van der Waals surface area contributed by atoms with E-state index in [1.54, 1.807) is 0 Å². The normalized spacial score (nSPS) is 17.2. The average molecular weight is 492 g/mol. The number of hydrogen-bond acceptors (Lipinski definition) is 8. The highest BCUT2D eigenvalue weighted by Gasteiger charge is 2.38. The molecule has 14 heteroatoms. The number of non-ortho nitro benzene ring substituents is 1. The Balaban J connectivity index is 2.09. The van der Waals surface area contributed by atoms with Gasteiger partial charge in [-0.3, -0.25) is 10.1 Å². The van der Waals surface area contributed by atoms with Crippen LogP contribution in [0.25, 0.3) is 0 Å². The molecule has 0 aliphatic carbocycles. The molecule has 0 saturated carbocycles. The van der Waals surface area contributed by atoms with Crippen LogP contribution in [0.1, 0.15) is 0 Å². The fourth-order valence-electron chi connectivity index (χ4n) is 2.89. The monoisotopic (exact) mass is 491 g/mol. The molecule has 2 aromatic carbocycles. The van der Waals surface area contributed by atoms with Crippen LogP contribution in [0.5, 0.6) is 11.5 Å². The number of nitrogens with one attached hydrogen (secondary N) is 1. The molecule has 0 spiro atoms. The van der Waals surface area contributed by atoms with Gasteiger partial charge in [-0.15, -0.1) is 0 Å². The first-order valence-electron chi connectivity index (χ1n) is 8.62. The third-order valence-electron chi connectivity index (χ3n) is 4.17. The Morgan fingerprint density at radius 2 is 1.90 bits per heavy atom. The Morgan fingerprint density at radius 3 is 2.52 bits per heavy atom. The number of nitrogens with zero attached hydrogens (tertiary/aromatic N) is 2. The molecule has 1 heterocycles. The summed E-state index contributed by atoms with van der Waals surface area (Å²) in [7, 11) is -4.47. The molecule has 31 heavy (non-hydrogen) atoms. The van der Waals surface area contributed by atoms with Crippen molar-refractivity contribution in [3.8, 4) is 11.5 Å². The second kappa shape index (κ2) is 9.24. The molecule has 166 valence electrons. The Hall–Kier alpha value is -2.64. The van der Waals surface area contributed by atoms with Gasteiger partial charge in [-0.1, -0.05) is 23.2 Å². The van der Waals surface area contributed by atoms with Crippen molar-refractivity contribution in [1.82, 2.24) is 9.62 Å². The summed E-state index contributed by atoms with van der Waals surface area (Å²) in [6.45, 7) is -0.0142.